The maximum absolute atomic E-state index is 9.13. The van der Waals surface area contributed by atoms with E-state index in [9.17, 15) is 0 Å². The summed E-state index contributed by atoms with van der Waals surface area (Å²) in [6, 6.07) is 4.41. The van der Waals surface area contributed by atoms with Crippen molar-refractivity contribution in [1.29, 1.82) is 0 Å². The highest BCUT2D eigenvalue weighted by Crippen LogP contribution is 2.19. The van der Waals surface area contributed by atoms with Gasteiger partial charge in [0.2, 0.25) is 0 Å². The van der Waals surface area contributed by atoms with Crippen LogP contribution < -0.4 is 0 Å². The standard InChI is InChI=1S/C11H18OS/c1-3-4-10-7-8-11(13-10)6-5-9(2)12/h7-9,12H,3-6H2,1-2H3. The first-order valence-electron chi connectivity index (χ1n) is 4.98. The van der Waals surface area contributed by atoms with Crippen molar-refractivity contribution in [2.45, 2.75) is 45.6 Å². The van der Waals surface area contributed by atoms with Gasteiger partial charge in [-0.05, 0) is 38.3 Å². The molecule has 1 heterocycles. The van der Waals surface area contributed by atoms with E-state index in [1.807, 2.05) is 18.3 Å². The number of aliphatic hydroxyl groups is 1. The summed E-state index contributed by atoms with van der Waals surface area (Å²) in [5.41, 5.74) is 0. The van der Waals surface area contributed by atoms with E-state index in [4.69, 9.17) is 5.11 Å². The monoisotopic (exact) mass is 198 g/mol. The van der Waals surface area contributed by atoms with Crippen LogP contribution in [0.25, 0.3) is 0 Å². The molecule has 0 saturated carbocycles. The van der Waals surface area contributed by atoms with E-state index >= 15 is 0 Å². The van der Waals surface area contributed by atoms with Gasteiger partial charge >= 0.3 is 0 Å². The van der Waals surface area contributed by atoms with E-state index in [2.05, 4.69) is 19.1 Å². The summed E-state index contributed by atoms with van der Waals surface area (Å²) >= 11 is 1.89. The average Bonchev–Trinajstić information content (AvgIpc) is 2.50. The number of hydrogen-bond donors (Lipinski definition) is 1. The molecule has 74 valence electrons. The topological polar surface area (TPSA) is 20.2 Å². The van der Waals surface area contributed by atoms with Crippen LogP contribution in [0.2, 0.25) is 0 Å². The minimum absolute atomic E-state index is 0.170. The third kappa shape index (κ3) is 3.92. The van der Waals surface area contributed by atoms with Crippen LogP contribution >= 0.6 is 11.3 Å². The second-order valence-electron chi connectivity index (χ2n) is 3.51. The fraction of sp³-hybridized carbons (Fsp3) is 0.636. The molecule has 0 aliphatic carbocycles. The molecule has 0 aliphatic rings. The zero-order valence-electron chi connectivity index (χ0n) is 8.42. The Morgan fingerprint density at radius 1 is 1.31 bits per heavy atom. The van der Waals surface area contributed by atoms with Crippen molar-refractivity contribution < 1.29 is 5.11 Å². The first-order chi connectivity index (χ1) is 6.22. The van der Waals surface area contributed by atoms with E-state index in [1.165, 1.54) is 22.6 Å². The highest BCUT2D eigenvalue weighted by Gasteiger charge is 2.01. The molecule has 1 N–H and O–H groups in total. The van der Waals surface area contributed by atoms with Gasteiger partial charge in [-0.15, -0.1) is 11.3 Å². The van der Waals surface area contributed by atoms with Crippen LogP contribution in [0.1, 0.15) is 36.4 Å². The molecule has 0 aromatic carbocycles. The zero-order valence-corrected chi connectivity index (χ0v) is 9.23. The summed E-state index contributed by atoms with van der Waals surface area (Å²) in [5, 5.41) is 9.13. The van der Waals surface area contributed by atoms with Gasteiger partial charge < -0.3 is 5.11 Å². The number of aryl methyl sites for hydroxylation is 2. The molecule has 0 amide bonds. The third-order valence-electron chi connectivity index (χ3n) is 2.02. The molecule has 1 atom stereocenters. The average molecular weight is 198 g/mol. The maximum atomic E-state index is 9.13. The van der Waals surface area contributed by atoms with Gasteiger partial charge in [-0.2, -0.15) is 0 Å². The van der Waals surface area contributed by atoms with Crippen molar-refractivity contribution in [3.8, 4) is 0 Å². The normalized spacial score (nSPS) is 13.2. The highest BCUT2D eigenvalue weighted by molar-refractivity contribution is 7.11. The van der Waals surface area contributed by atoms with Gasteiger partial charge in [-0.1, -0.05) is 13.3 Å². The first kappa shape index (κ1) is 10.7. The van der Waals surface area contributed by atoms with Crippen LogP contribution in [-0.4, -0.2) is 11.2 Å². The Morgan fingerprint density at radius 2 is 1.92 bits per heavy atom. The predicted octanol–water partition coefficient (Wildman–Crippen LogP) is 3.01. The van der Waals surface area contributed by atoms with Crippen LogP contribution in [-0.2, 0) is 12.8 Å². The number of thiophene rings is 1. The van der Waals surface area contributed by atoms with Crippen molar-refractivity contribution in [3.63, 3.8) is 0 Å². The van der Waals surface area contributed by atoms with E-state index in [0.717, 1.165) is 12.8 Å². The lowest BCUT2D eigenvalue weighted by Crippen LogP contribution is -1.99. The van der Waals surface area contributed by atoms with E-state index < -0.39 is 0 Å². The van der Waals surface area contributed by atoms with Crippen molar-refractivity contribution in [3.05, 3.63) is 21.9 Å². The molecule has 0 bridgehead atoms. The maximum Gasteiger partial charge on any atom is 0.0515 e. The summed E-state index contributed by atoms with van der Waals surface area (Å²) in [4.78, 5) is 2.88. The van der Waals surface area contributed by atoms with Gasteiger partial charge in [0.15, 0.2) is 0 Å². The van der Waals surface area contributed by atoms with Gasteiger partial charge in [0.05, 0.1) is 6.10 Å². The summed E-state index contributed by atoms with van der Waals surface area (Å²) < 4.78 is 0. The van der Waals surface area contributed by atoms with E-state index in [1.54, 1.807) is 0 Å². The molecule has 0 saturated heterocycles. The zero-order chi connectivity index (χ0) is 9.68. The molecule has 0 radical (unpaired) electrons. The Kier molecular flexibility index (Phi) is 4.46. The van der Waals surface area contributed by atoms with Crippen LogP contribution in [0.15, 0.2) is 12.1 Å². The smallest absolute Gasteiger partial charge is 0.0515 e. The lowest BCUT2D eigenvalue weighted by molar-refractivity contribution is 0.185. The summed E-state index contributed by atoms with van der Waals surface area (Å²) in [6.45, 7) is 4.05. The van der Waals surface area contributed by atoms with Crippen LogP contribution in [0, 0.1) is 0 Å². The Balaban J connectivity index is 2.39. The Labute approximate surface area is 84.4 Å². The van der Waals surface area contributed by atoms with Crippen LogP contribution in [0.4, 0.5) is 0 Å². The fourth-order valence-electron chi connectivity index (χ4n) is 1.29. The minimum Gasteiger partial charge on any atom is -0.393 e. The summed E-state index contributed by atoms with van der Waals surface area (Å²) in [5.74, 6) is 0. The third-order valence-corrected chi connectivity index (χ3v) is 3.23. The summed E-state index contributed by atoms with van der Waals surface area (Å²) in [6.07, 6.45) is 4.14. The largest absolute Gasteiger partial charge is 0.393 e. The molecular formula is C11H18OS. The van der Waals surface area contributed by atoms with Crippen LogP contribution in [0.3, 0.4) is 0 Å². The SMILES string of the molecule is CCCc1ccc(CCC(C)O)s1. The number of rotatable bonds is 5. The number of hydrogen-bond acceptors (Lipinski definition) is 2. The molecule has 0 fully saturated rings. The van der Waals surface area contributed by atoms with Crippen molar-refractivity contribution in [2.75, 3.05) is 0 Å². The molecule has 0 aliphatic heterocycles. The summed E-state index contributed by atoms with van der Waals surface area (Å²) in [7, 11) is 0. The van der Waals surface area contributed by atoms with Gasteiger partial charge in [-0.25, -0.2) is 0 Å². The Hall–Kier alpha value is -0.340. The highest BCUT2D eigenvalue weighted by atomic mass is 32.1. The van der Waals surface area contributed by atoms with Gasteiger partial charge in [0, 0.05) is 9.75 Å². The lowest BCUT2D eigenvalue weighted by atomic mass is 10.2. The Morgan fingerprint density at radius 3 is 2.46 bits per heavy atom. The molecule has 1 nitrogen and oxygen atoms in total. The number of aliphatic hydroxyl groups excluding tert-OH is 1. The molecule has 13 heavy (non-hydrogen) atoms. The molecule has 2 heteroatoms. The molecule has 0 spiro atoms. The quantitative estimate of drug-likeness (QED) is 0.771. The molecule has 1 aromatic heterocycles. The van der Waals surface area contributed by atoms with Crippen molar-refractivity contribution in [1.82, 2.24) is 0 Å². The van der Waals surface area contributed by atoms with Crippen molar-refractivity contribution >= 4 is 11.3 Å². The van der Waals surface area contributed by atoms with E-state index in [0.29, 0.717) is 0 Å². The fourth-order valence-corrected chi connectivity index (χ4v) is 2.42. The molecule has 1 rings (SSSR count). The molecular weight excluding hydrogens is 180 g/mol. The van der Waals surface area contributed by atoms with Crippen LogP contribution in [0.5, 0.6) is 0 Å². The first-order valence-corrected chi connectivity index (χ1v) is 5.79. The Bertz CT molecular complexity index is 240. The second kappa shape index (κ2) is 5.40. The van der Waals surface area contributed by atoms with Crippen molar-refractivity contribution in [2.24, 2.45) is 0 Å². The van der Waals surface area contributed by atoms with E-state index in [-0.39, 0.29) is 6.10 Å². The van der Waals surface area contributed by atoms with Gasteiger partial charge in [-0.3, -0.25) is 0 Å². The molecule has 1 unspecified atom stereocenters. The molecule has 1 aromatic rings. The minimum atomic E-state index is -0.170. The second-order valence-corrected chi connectivity index (χ2v) is 4.76. The van der Waals surface area contributed by atoms with Gasteiger partial charge in [0.25, 0.3) is 0 Å². The van der Waals surface area contributed by atoms with Gasteiger partial charge in [0.1, 0.15) is 0 Å². The predicted molar refractivity (Wildman–Crippen MR) is 58.3 cm³/mol. The lowest BCUT2D eigenvalue weighted by Gasteiger charge is -2.00.